The summed E-state index contributed by atoms with van der Waals surface area (Å²) in [6, 6.07) is 4.00. The highest BCUT2D eigenvalue weighted by atomic mass is 32.1. The number of fused-ring (bicyclic) bond motifs is 1. The number of unbranched alkanes of at least 4 members (excludes halogenated alkanes) is 1. The number of carbonyl (C=O) groups is 2. The molecule has 3 aliphatic heterocycles. The molecule has 4 atom stereocenters. The van der Waals surface area contributed by atoms with Gasteiger partial charge in [-0.2, -0.15) is 0 Å². The molecule has 1 spiro atoms. The summed E-state index contributed by atoms with van der Waals surface area (Å²) in [5.41, 5.74) is -0.645. The van der Waals surface area contributed by atoms with Crippen LogP contribution in [0.3, 0.4) is 0 Å². The maximum Gasteiger partial charge on any atom is 0.312 e. The SMILES string of the molecule is CCCCOC(=O)[C@H]1[C@H]2C=C[C@@]3(CN(Cc4cccs4)C(=O)[C@@H]13)O2. The molecule has 2 saturated heterocycles. The van der Waals surface area contributed by atoms with Crippen LogP contribution in [0.25, 0.3) is 0 Å². The first-order valence-corrected chi connectivity index (χ1v) is 9.37. The third kappa shape index (κ3) is 2.40. The second-order valence-corrected chi connectivity index (χ2v) is 7.73. The minimum Gasteiger partial charge on any atom is -0.465 e. The van der Waals surface area contributed by atoms with Crippen molar-refractivity contribution in [2.24, 2.45) is 11.8 Å². The van der Waals surface area contributed by atoms with Crippen molar-refractivity contribution in [3.05, 3.63) is 34.5 Å². The summed E-state index contributed by atoms with van der Waals surface area (Å²) in [7, 11) is 0. The molecule has 1 aromatic heterocycles. The maximum atomic E-state index is 13.0. The Labute approximate surface area is 145 Å². The maximum absolute atomic E-state index is 13.0. The summed E-state index contributed by atoms with van der Waals surface area (Å²) in [5.74, 6) is -1.24. The van der Waals surface area contributed by atoms with Crippen LogP contribution in [-0.2, 0) is 25.6 Å². The van der Waals surface area contributed by atoms with E-state index in [1.165, 1.54) is 0 Å². The molecule has 4 heterocycles. The average Bonchev–Trinajstić information content (AvgIpc) is 3.31. The topological polar surface area (TPSA) is 55.8 Å². The van der Waals surface area contributed by atoms with E-state index in [9.17, 15) is 9.59 Å². The highest BCUT2D eigenvalue weighted by Gasteiger charge is 2.67. The lowest BCUT2D eigenvalue weighted by Gasteiger charge is -2.22. The molecule has 2 fully saturated rings. The quantitative estimate of drug-likeness (QED) is 0.450. The number of esters is 1. The zero-order chi connectivity index (χ0) is 16.7. The number of likely N-dealkylation sites (tertiary alicyclic amines) is 1. The number of hydrogen-bond donors (Lipinski definition) is 0. The Hall–Kier alpha value is -1.66. The minimum atomic E-state index is -0.645. The lowest BCUT2D eigenvalue weighted by molar-refractivity contribution is -0.154. The fourth-order valence-electron chi connectivity index (χ4n) is 3.99. The molecule has 0 saturated carbocycles. The third-order valence-corrected chi connectivity index (χ3v) is 5.98. The Balaban J connectivity index is 1.52. The largest absolute Gasteiger partial charge is 0.465 e. The molecule has 0 aromatic carbocycles. The molecule has 2 bridgehead atoms. The van der Waals surface area contributed by atoms with Crippen molar-refractivity contribution < 1.29 is 19.1 Å². The Kier molecular flexibility index (Phi) is 3.96. The molecular weight excluding hydrogens is 326 g/mol. The van der Waals surface area contributed by atoms with E-state index in [-0.39, 0.29) is 18.0 Å². The number of rotatable bonds is 6. The monoisotopic (exact) mass is 347 g/mol. The second-order valence-electron chi connectivity index (χ2n) is 6.69. The fraction of sp³-hybridized carbons (Fsp3) is 0.556. The van der Waals surface area contributed by atoms with Gasteiger partial charge in [-0.3, -0.25) is 9.59 Å². The number of nitrogens with zero attached hydrogens (tertiary/aromatic N) is 1. The molecule has 6 heteroatoms. The number of carbonyl (C=O) groups excluding carboxylic acids is 2. The van der Waals surface area contributed by atoms with Gasteiger partial charge < -0.3 is 14.4 Å². The minimum absolute atomic E-state index is 0.00712. The van der Waals surface area contributed by atoms with Crippen molar-refractivity contribution in [3.63, 3.8) is 0 Å². The van der Waals surface area contributed by atoms with Crippen molar-refractivity contribution in [2.45, 2.75) is 38.0 Å². The van der Waals surface area contributed by atoms with Crippen LogP contribution < -0.4 is 0 Å². The zero-order valence-corrected chi connectivity index (χ0v) is 14.5. The van der Waals surface area contributed by atoms with Gasteiger partial charge in [0, 0.05) is 4.88 Å². The fourth-order valence-corrected chi connectivity index (χ4v) is 4.70. The number of ether oxygens (including phenoxy) is 2. The first-order valence-electron chi connectivity index (χ1n) is 8.49. The van der Waals surface area contributed by atoms with Gasteiger partial charge in [-0.25, -0.2) is 0 Å². The van der Waals surface area contributed by atoms with E-state index in [1.807, 2.05) is 34.6 Å². The molecule has 128 valence electrons. The Morgan fingerprint density at radius 2 is 2.42 bits per heavy atom. The summed E-state index contributed by atoms with van der Waals surface area (Å²) in [4.78, 5) is 28.4. The van der Waals surface area contributed by atoms with Gasteiger partial charge in [-0.1, -0.05) is 31.6 Å². The normalized spacial score (nSPS) is 33.3. The average molecular weight is 347 g/mol. The van der Waals surface area contributed by atoms with Crippen molar-refractivity contribution in [3.8, 4) is 0 Å². The number of hydrogen-bond acceptors (Lipinski definition) is 5. The van der Waals surface area contributed by atoms with Crippen LogP contribution in [0.4, 0.5) is 0 Å². The molecule has 0 aliphatic carbocycles. The molecule has 0 unspecified atom stereocenters. The molecule has 5 nitrogen and oxygen atoms in total. The van der Waals surface area contributed by atoms with Gasteiger partial charge in [-0.05, 0) is 17.9 Å². The molecule has 1 aromatic rings. The standard InChI is InChI=1S/C18H21NO4S/c1-2-3-8-22-17(21)14-13-6-7-18(23-13)11-19(16(20)15(14)18)10-12-5-4-9-24-12/h4-7,9,13-15H,2-3,8,10-11H2,1H3/t13-,14+,15-,18+/m1/s1. The molecule has 24 heavy (non-hydrogen) atoms. The Morgan fingerprint density at radius 3 is 3.17 bits per heavy atom. The van der Waals surface area contributed by atoms with Gasteiger partial charge in [0.1, 0.15) is 11.5 Å². The second kappa shape index (κ2) is 6.01. The summed E-state index contributed by atoms with van der Waals surface area (Å²) in [6.07, 6.45) is 5.39. The smallest absolute Gasteiger partial charge is 0.312 e. The van der Waals surface area contributed by atoms with Crippen LogP contribution in [0.1, 0.15) is 24.6 Å². The van der Waals surface area contributed by atoms with Gasteiger partial charge in [0.15, 0.2) is 0 Å². The molecule has 0 N–H and O–H groups in total. The van der Waals surface area contributed by atoms with Crippen LogP contribution in [0.5, 0.6) is 0 Å². The van der Waals surface area contributed by atoms with E-state index in [0.29, 0.717) is 19.7 Å². The Bertz CT molecular complexity index is 671. The van der Waals surface area contributed by atoms with Crippen LogP contribution >= 0.6 is 11.3 Å². The van der Waals surface area contributed by atoms with Crippen LogP contribution in [0.2, 0.25) is 0 Å². The summed E-state index contributed by atoms with van der Waals surface area (Å²) in [5, 5.41) is 2.00. The number of amides is 1. The Morgan fingerprint density at radius 1 is 1.54 bits per heavy atom. The lowest BCUT2D eigenvalue weighted by Crippen LogP contribution is -2.40. The van der Waals surface area contributed by atoms with Crippen LogP contribution in [0.15, 0.2) is 29.7 Å². The van der Waals surface area contributed by atoms with Crippen molar-refractivity contribution >= 4 is 23.2 Å². The van der Waals surface area contributed by atoms with Gasteiger partial charge in [0.2, 0.25) is 5.91 Å². The van der Waals surface area contributed by atoms with Crippen LogP contribution in [-0.4, -0.2) is 41.6 Å². The van der Waals surface area contributed by atoms with E-state index in [1.54, 1.807) is 11.3 Å². The van der Waals surface area contributed by atoms with E-state index >= 15 is 0 Å². The van der Waals surface area contributed by atoms with E-state index in [4.69, 9.17) is 9.47 Å². The first-order chi connectivity index (χ1) is 11.6. The van der Waals surface area contributed by atoms with E-state index < -0.39 is 17.4 Å². The van der Waals surface area contributed by atoms with E-state index in [2.05, 4.69) is 6.92 Å². The van der Waals surface area contributed by atoms with Crippen molar-refractivity contribution in [1.29, 1.82) is 0 Å². The van der Waals surface area contributed by atoms with E-state index in [0.717, 1.165) is 17.7 Å². The summed E-state index contributed by atoms with van der Waals surface area (Å²) >= 11 is 1.63. The van der Waals surface area contributed by atoms with Gasteiger partial charge in [0.05, 0.1) is 31.7 Å². The highest BCUT2D eigenvalue weighted by molar-refractivity contribution is 7.09. The molecular formula is C18H21NO4S. The molecule has 1 amide bonds. The predicted molar refractivity (Wildman–Crippen MR) is 89.3 cm³/mol. The predicted octanol–water partition coefficient (Wildman–Crippen LogP) is 2.37. The van der Waals surface area contributed by atoms with Gasteiger partial charge in [-0.15, -0.1) is 11.3 Å². The van der Waals surface area contributed by atoms with Gasteiger partial charge in [0.25, 0.3) is 0 Å². The third-order valence-electron chi connectivity index (χ3n) is 5.12. The molecule has 3 aliphatic rings. The van der Waals surface area contributed by atoms with Crippen molar-refractivity contribution in [1.82, 2.24) is 4.90 Å². The molecule has 4 rings (SSSR count). The summed E-state index contributed by atoms with van der Waals surface area (Å²) < 4.78 is 11.5. The highest BCUT2D eigenvalue weighted by Crippen LogP contribution is 2.52. The molecule has 0 radical (unpaired) electrons. The van der Waals surface area contributed by atoms with Crippen LogP contribution in [0, 0.1) is 11.8 Å². The summed E-state index contributed by atoms with van der Waals surface area (Å²) in [6.45, 7) is 3.55. The lowest BCUT2D eigenvalue weighted by atomic mass is 9.77. The first kappa shape index (κ1) is 15.8. The number of thiophene rings is 1. The van der Waals surface area contributed by atoms with Crippen molar-refractivity contribution in [2.75, 3.05) is 13.2 Å². The van der Waals surface area contributed by atoms with Gasteiger partial charge >= 0.3 is 5.97 Å². The zero-order valence-electron chi connectivity index (χ0n) is 13.6.